The van der Waals surface area contributed by atoms with Crippen LogP contribution in [0.1, 0.15) is 30.1 Å². The number of nitrogens with zero attached hydrogens (tertiary/aromatic N) is 5. The van der Waals surface area contributed by atoms with Gasteiger partial charge in [0.05, 0.1) is 25.9 Å². The van der Waals surface area contributed by atoms with Crippen molar-refractivity contribution in [2.75, 3.05) is 64.3 Å². The summed E-state index contributed by atoms with van der Waals surface area (Å²) in [5.41, 5.74) is 0.243. The van der Waals surface area contributed by atoms with Crippen LogP contribution in [0.15, 0.2) is 6.20 Å². The first-order valence-corrected chi connectivity index (χ1v) is 10.2. The third kappa shape index (κ3) is 5.54. The highest BCUT2D eigenvalue weighted by Gasteiger charge is 2.25. The quantitative estimate of drug-likeness (QED) is 0.625. The van der Waals surface area contributed by atoms with E-state index < -0.39 is 5.97 Å². The summed E-state index contributed by atoms with van der Waals surface area (Å²) in [7, 11) is 1.66. The molecule has 10 heteroatoms. The van der Waals surface area contributed by atoms with Gasteiger partial charge in [-0.2, -0.15) is 5.10 Å². The normalized spacial score (nSPS) is 18.1. The van der Waals surface area contributed by atoms with Crippen LogP contribution >= 0.6 is 0 Å². The van der Waals surface area contributed by atoms with E-state index in [2.05, 4.69) is 15.3 Å². The second-order valence-corrected chi connectivity index (χ2v) is 7.44. The van der Waals surface area contributed by atoms with E-state index in [-0.39, 0.29) is 30.5 Å². The number of nitrogens with one attached hydrogen (secondary N) is 1. The number of piperazine rings is 1. The van der Waals surface area contributed by atoms with E-state index in [1.54, 1.807) is 14.0 Å². The Balaban J connectivity index is 1.45. The molecular formula is C19H30N6O4. The molecule has 3 heterocycles. The van der Waals surface area contributed by atoms with E-state index in [9.17, 15) is 14.4 Å². The standard InChI is InChI=1S/C19H30N6O4/c1-3-29-19(28)15-12-20-22(2)18(15)21-16(26)13-23-8-10-24(11-9-23)14-17(27)25-6-4-5-7-25/h12H,3-11,13-14H2,1-2H3,(H,21,26). The summed E-state index contributed by atoms with van der Waals surface area (Å²) in [6.07, 6.45) is 3.59. The lowest BCUT2D eigenvalue weighted by Gasteiger charge is -2.34. The average molecular weight is 406 g/mol. The van der Waals surface area contributed by atoms with Crippen LogP contribution in [-0.4, -0.2) is 101 Å². The Morgan fingerprint density at radius 3 is 2.28 bits per heavy atom. The van der Waals surface area contributed by atoms with Gasteiger partial charge in [-0.1, -0.05) is 0 Å². The van der Waals surface area contributed by atoms with Crippen molar-refractivity contribution >= 4 is 23.6 Å². The van der Waals surface area contributed by atoms with Crippen LogP contribution in [0, 0.1) is 0 Å². The number of hydrogen-bond acceptors (Lipinski definition) is 7. The van der Waals surface area contributed by atoms with Crippen molar-refractivity contribution in [2.24, 2.45) is 7.05 Å². The lowest BCUT2D eigenvalue weighted by atomic mass is 10.3. The summed E-state index contributed by atoms with van der Waals surface area (Å²) >= 11 is 0. The minimum Gasteiger partial charge on any atom is -0.462 e. The van der Waals surface area contributed by atoms with Crippen molar-refractivity contribution in [3.63, 3.8) is 0 Å². The molecule has 0 bridgehead atoms. The molecule has 160 valence electrons. The van der Waals surface area contributed by atoms with Crippen molar-refractivity contribution in [1.29, 1.82) is 0 Å². The number of aryl methyl sites for hydroxylation is 1. The molecule has 0 aromatic carbocycles. The van der Waals surface area contributed by atoms with Gasteiger partial charge in [0.15, 0.2) is 0 Å². The molecule has 1 aromatic heterocycles. The van der Waals surface area contributed by atoms with Gasteiger partial charge in [-0.05, 0) is 19.8 Å². The van der Waals surface area contributed by atoms with Crippen LogP contribution in [0.25, 0.3) is 0 Å². The molecule has 0 radical (unpaired) electrons. The maximum Gasteiger partial charge on any atom is 0.343 e. The third-order valence-electron chi connectivity index (χ3n) is 5.34. The number of rotatable bonds is 7. The molecule has 10 nitrogen and oxygen atoms in total. The molecule has 2 aliphatic heterocycles. The van der Waals surface area contributed by atoms with Gasteiger partial charge >= 0.3 is 5.97 Å². The maximum absolute atomic E-state index is 12.5. The Hall–Kier alpha value is -2.46. The minimum atomic E-state index is -0.507. The Kier molecular flexibility index (Phi) is 7.21. The van der Waals surface area contributed by atoms with Crippen LogP contribution in [-0.2, 0) is 21.4 Å². The predicted octanol–water partition coefficient (Wildman–Crippen LogP) is -0.225. The Morgan fingerprint density at radius 1 is 1.03 bits per heavy atom. The molecule has 0 saturated carbocycles. The minimum absolute atomic E-state index is 0.205. The fourth-order valence-corrected chi connectivity index (χ4v) is 3.68. The van der Waals surface area contributed by atoms with Crippen molar-refractivity contribution in [3.8, 4) is 0 Å². The number of carbonyl (C=O) groups is 3. The molecule has 2 fully saturated rings. The van der Waals surface area contributed by atoms with Gasteiger partial charge in [0, 0.05) is 46.3 Å². The Bertz CT molecular complexity index is 735. The number of carbonyl (C=O) groups excluding carboxylic acids is 3. The molecule has 2 saturated heterocycles. The summed E-state index contributed by atoms with van der Waals surface area (Å²) in [4.78, 5) is 42.9. The number of aromatic nitrogens is 2. The monoisotopic (exact) mass is 406 g/mol. The van der Waals surface area contributed by atoms with Gasteiger partial charge < -0.3 is 15.0 Å². The lowest BCUT2D eigenvalue weighted by Crippen LogP contribution is -2.51. The van der Waals surface area contributed by atoms with E-state index in [1.165, 1.54) is 10.9 Å². The zero-order chi connectivity index (χ0) is 20.8. The van der Waals surface area contributed by atoms with Crippen molar-refractivity contribution in [3.05, 3.63) is 11.8 Å². The fourth-order valence-electron chi connectivity index (χ4n) is 3.68. The number of amides is 2. The number of anilines is 1. The van der Waals surface area contributed by atoms with Crippen molar-refractivity contribution < 1.29 is 19.1 Å². The summed E-state index contributed by atoms with van der Waals surface area (Å²) < 4.78 is 6.45. The van der Waals surface area contributed by atoms with Gasteiger partial charge in [0.25, 0.3) is 0 Å². The lowest BCUT2D eigenvalue weighted by molar-refractivity contribution is -0.132. The molecule has 29 heavy (non-hydrogen) atoms. The van der Waals surface area contributed by atoms with Gasteiger partial charge in [0.2, 0.25) is 11.8 Å². The highest BCUT2D eigenvalue weighted by molar-refractivity contribution is 6.00. The van der Waals surface area contributed by atoms with E-state index in [4.69, 9.17) is 4.74 Å². The molecular weight excluding hydrogens is 376 g/mol. The molecule has 0 unspecified atom stereocenters. The van der Waals surface area contributed by atoms with Crippen LogP contribution in [0.3, 0.4) is 0 Å². The average Bonchev–Trinajstić information content (AvgIpc) is 3.34. The smallest absolute Gasteiger partial charge is 0.343 e. The van der Waals surface area contributed by atoms with Crippen LogP contribution in [0.2, 0.25) is 0 Å². The number of likely N-dealkylation sites (tertiary alicyclic amines) is 1. The molecule has 2 aliphatic rings. The van der Waals surface area contributed by atoms with E-state index in [0.717, 1.165) is 52.1 Å². The molecule has 3 rings (SSSR count). The van der Waals surface area contributed by atoms with Crippen LogP contribution in [0.4, 0.5) is 5.82 Å². The van der Waals surface area contributed by atoms with Gasteiger partial charge in [-0.25, -0.2) is 4.79 Å². The molecule has 0 aliphatic carbocycles. The Morgan fingerprint density at radius 2 is 1.66 bits per heavy atom. The van der Waals surface area contributed by atoms with Crippen molar-refractivity contribution in [1.82, 2.24) is 24.5 Å². The molecule has 1 aromatic rings. The molecule has 0 atom stereocenters. The zero-order valence-corrected chi connectivity index (χ0v) is 17.2. The zero-order valence-electron chi connectivity index (χ0n) is 17.2. The number of esters is 1. The van der Waals surface area contributed by atoms with Crippen LogP contribution in [0.5, 0.6) is 0 Å². The van der Waals surface area contributed by atoms with E-state index in [1.807, 2.05) is 9.80 Å². The molecule has 0 spiro atoms. The summed E-state index contributed by atoms with van der Waals surface area (Å²) in [5.74, 6) is -0.174. The van der Waals surface area contributed by atoms with Crippen LogP contribution < -0.4 is 5.32 Å². The number of ether oxygens (including phenoxy) is 1. The van der Waals surface area contributed by atoms with Gasteiger partial charge in [0.1, 0.15) is 11.4 Å². The second-order valence-electron chi connectivity index (χ2n) is 7.44. The fraction of sp³-hybridized carbons (Fsp3) is 0.684. The summed E-state index contributed by atoms with van der Waals surface area (Å²) in [6.45, 7) is 7.37. The third-order valence-corrected chi connectivity index (χ3v) is 5.34. The highest BCUT2D eigenvalue weighted by Crippen LogP contribution is 2.16. The maximum atomic E-state index is 12.5. The first-order valence-electron chi connectivity index (χ1n) is 10.2. The highest BCUT2D eigenvalue weighted by atomic mass is 16.5. The Labute approximate surface area is 170 Å². The number of hydrogen-bond donors (Lipinski definition) is 1. The largest absolute Gasteiger partial charge is 0.462 e. The van der Waals surface area contributed by atoms with E-state index >= 15 is 0 Å². The summed E-state index contributed by atoms with van der Waals surface area (Å²) in [5, 5.41) is 6.81. The topological polar surface area (TPSA) is 100 Å². The first-order chi connectivity index (χ1) is 14.0. The molecule has 2 amide bonds. The predicted molar refractivity (Wildman–Crippen MR) is 106 cm³/mol. The van der Waals surface area contributed by atoms with Gasteiger partial charge in [-0.3, -0.25) is 24.1 Å². The van der Waals surface area contributed by atoms with Gasteiger partial charge in [-0.15, -0.1) is 0 Å². The van der Waals surface area contributed by atoms with Crippen molar-refractivity contribution in [2.45, 2.75) is 19.8 Å². The SMILES string of the molecule is CCOC(=O)c1cnn(C)c1NC(=O)CN1CCN(CC(=O)N2CCCC2)CC1. The summed E-state index contributed by atoms with van der Waals surface area (Å²) in [6, 6.07) is 0. The second kappa shape index (κ2) is 9.84. The first kappa shape index (κ1) is 21.3. The van der Waals surface area contributed by atoms with E-state index in [0.29, 0.717) is 12.4 Å². The molecule has 1 N–H and O–H groups in total.